The molecule has 2 heterocycles. The third kappa shape index (κ3) is 5.06. The highest BCUT2D eigenvalue weighted by atomic mass is 32.2. The van der Waals surface area contributed by atoms with Crippen LogP contribution in [0.2, 0.25) is 0 Å². The summed E-state index contributed by atoms with van der Waals surface area (Å²) in [5.74, 6) is -0.749. The smallest absolute Gasteiger partial charge is 0.288 e. The Morgan fingerprint density at radius 3 is 2.48 bits per heavy atom. The van der Waals surface area contributed by atoms with Gasteiger partial charge in [0.2, 0.25) is 5.91 Å². The van der Waals surface area contributed by atoms with Gasteiger partial charge < -0.3 is 15.1 Å². The van der Waals surface area contributed by atoms with Crippen molar-refractivity contribution in [2.75, 3.05) is 49.9 Å². The van der Waals surface area contributed by atoms with E-state index in [9.17, 15) is 24.0 Å². The number of hydrogen-bond donors (Lipinski definition) is 1. The van der Waals surface area contributed by atoms with Gasteiger partial charge in [-0.15, -0.1) is 0 Å². The Hall–Kier alpha value is -3.06. The van der Waals surface area contributed by atoms with E-state index in [0.717, 1.165) is 22.3 Å². The topological polar surface area (TPSA) is 96.8 Å². The molecule has 2 aliphatic rings. The van der Waals surface area contributed by atoms with Crippen molar-refractivity contribution in [2.45, 2.75) is 0 Å². The molecule has 2 aliphatic heterocycles. The van der Waals surface area contributed by atoms with E-state index in [4.69, 9.17) is 0 Å². The zero-order valence-electron chi connectivity index (χ0n) is 15.6. The Kier molecular flexibility index (Phi) is 6.72. The van der Waals surface area contributed by atoms with Crippen LogP contribution >= 0.6 is 11.8 Å². The summed E-state index contributed by atoms with van der Waals surface area (Å²) in [6.07, 6.45) is 1.33. The minimum Gasteiger partial charge on any atom is -0.388 e. The number of imide groups is 1. The van der Waals surface area contributed by atoms with Crippen LogP contribution in [0, 0.1) is 17.1 Å². The molecule has 3 rings (SSSR count). The second kappa shape index (κ2) is 9.43. The minimum absolute atomic E-state index is 0.0336. The number of amides is 3. The molecular weight excluding hydrogens is 397 g/mol. The van der Waals surface area contributed by atoms with Crippen molar-refractivity contribution in [3.63, 3.8) is 0 Å². The van der Waals surface area contributed by atoms with Gasteiger partial charge in [-0.05, 0) is 24.3 Å². The SMILES string of the molecule is N#C/C(=C/NCCN1C(=O)CSC1=O)C(=O)N1CCN(c2ccc(F)cc2)CC1. The maximum atomic E-state index is 13.1. The lowest BCUT2D eigenvalue weighted by Crippen LogP contribution is -2.49. The number of thioether (sulfide) groups is 1. The third-order valence-corrected chi connectivity index (χ3v) is 5.53. The molecule has 0 radical (unpaired) electrons. The highest BCUT2D eigenvalue weighted by Crippen LogP contribution is 2.18. The van der Waals surface area contributed by atoms with Crippen LogP contribution in [0.15, 0.2) is 36.0 Å². The number of anilines is 1. The second-order valence-electron chi connectivity index (χ2n) is 6.48. The predicted octanol–water partition coefficient (Wildman–Crippen LogP) is 1.17. The van der Waals surface area contributed by atoms with E-state index in [0.29, 0.717) is 26.2 Å². The summed E-state index contributed by atoms with van der Waals surface area (Å²) in [6.45, 7) is 2.51. The molecule has 3 amide bonds. The number of carbonyl (C=O) groups is 3. The van der Waals surface area contributed by atoms with E-state index in [1.807, 2.05) is 6.07 Å². The molecule has 10 heteroatoms. The highest BCUT2D eigenvalue weighted by molar-refractivity contribution is 8.14. The number of halogens is 1. The van der Waals surface area contributed by atoms with Crippen LogP contribution in [0.1, 0.15) is 0 Å². The van der Waals surface area contributed by atoms with Crippen LogP contribution in [-0.2, 0) is 9.59 Å². The Morgan fingerprint density at radius 2 is 1.90 bits per heavy atom. The zero-order chi connectivity index (χ0) is 20.8. The molecule has 152 valence electrons. The van der Waals surface area contributed by atoms with Gasteiger partial charge in [0.15, 0.2) is 0 Å². The quantitative estimate of drug-likeness (QED) is 0.422. The lowest BCUT2D eigenvalue weighted by atomic mass is 10.2. The number of benzene rings is 1. The van der Waals surface area contributed by atoms with Crippen LogP contribution in [0.5, 0.6) is 0 Å². The van der Waals surface area contributed by atoms with Crippen LogP contribution in [-0.4, -0.2) is 71.9 Å². The molecule has 2 fully saturated rings. The summed E-state index contributed by atoms with van der Waals surface area (Å²) in [5.41, 5.74) is 0.856. The molecule has 8 nitrogen and oxygen atoms in total. The van der Waals surface area contributed by atoms with Crippen LogP contribution in [0.3, 0.4) is 0 Å². The Balaban J connectivity index is 1.48. The average Bonchev–Trinajstić information content (AvgIpc) is 3.06. The molecule has 0 unspecified atom stereocenters. The monoisotopic (exact) mass is 417 g/mol. The van der Waals surface area contributed by atoms with Crippen molar-refractivity contribution in [2.24, 2.45) is 0 Å². The lowest BCUT2D eigenvalue weighted by molar-refractivity contribution is -0.127. The first-order valence-corrected chi connectivity index (χ1v) is 10.1. The first-order chi connectivity index (χ1) is 14.0. The van der Waals surface area contributed by atoms with Crippen molar-refractivity contribution in [1.29, 1.82) is 5.26 Å². The maximum Gasteiger partial charge on any atom is 0.288 e. The summed E-state index contributed by atoms with van der Waals surface area (Å²) in [6, 6.07) is 8.09. The number of carbonyl (C=O) groups excluding carboxylic acids is 3. The van der Waals surface area contributed by atoms with Crippen molar-refractivity contribution >= 4 is 34.5 Å². The van der Waals surface area contributed by atoms with Gasteiger partial charge >= 0.3 is 0 Å². The van der Waals surface area contributed by atoms with E-state index in [2.05, 4.69) is 10.2 Å². The number of nitriles is 1. The van der Waals surface area contributed by atoms with E-state index in [1.54, 1.807) is 17.0 Å². The molecule has 0 saturated carbocycles. The van der Waals surface area contributed by atoms with E-state index in [-0.39, 0.29) is 47.3 Å². The molecule has 1 aromatic rings. The number of nitrogens with zero attached hydrogens (tertiary/aromatic N) is 4. The van der Waals surface area contributed by atoms with Crippen molar-refractivity contribution in [1.82, 2.24) is 15.1 Å². The van der Waals surface area contributed by atoms with Crippen molar-refractivity contribution < 1.29 is 18.8 Å². The minimum atomic E-state index is -0.373. The highest BCUT2D eigenvalue weighted by Gasteiger charge is 2.29. The van der Waals surface area contributed by atoms with Gasteiger partial charge in [0.1, 0.15) is 17.5 Å². The van der Waals surface area contributed by atoms with Gasteiger partial charge in [0, 0.05) is 51.2 Å². The van der Waals surface area contributed by atoms with Gasteiger partial charge in [-0.25, -0.2) is 4.39 Å². The van der Waals surface area contributed by atoms with E-state index >= 15 is 0 Å². The Bertz CT molecular complexity index is 844. The first kappa shape index (κ1) is 20.7. The summed E-state index contributed by atoms with van der Waals surface area (Å²) in [4.78, 5) is 40.4. The number of hydrogen-bond acceptors (Lipinski definition) is 7. The summed E-state index contributed by atoms with van der Waals surface area (Å²) < 4.78 is 13.1. The van der Waals surface area contributed by atoms with Gasteiger partial charge in [0.25, 0.3) is 11.1 Å². The molecule has 1 aromatic carbocycles. The summed E-state index contributed by atoms with van der Waals surface area (Å²) in [5, 5.41) is 11.9. The van der Waals surface area contributed by atoms with Gasteiger partial charge in [-0.2, -0.15) is 5.26 Å². The molecule has 0 bridgehead atoms. The van der Waals surface area contributed by atoms with Gasteiger partial charge in [0.05, 0.1) is 5.75 Å². The number of rotatable bonds is 6. The molecule has 0 spiro atoms. The van der Waals surface area contributed by atoms with Crippen molar-refractivity contribution in [3.05, 3.63) is 41.9 Å². The van der Waals surface area contributed by atoms with E-state index in [1.165, 1.54) is 18.3 Å². The Labute approximate surface area is 171 Å². The average molecular weight is 417 g/mol. The molecule has 2 saturated heterocycles. The summed E-state index contributed by atoms with van der Waals surface area (Å²) in [7, 11) is 0. The molecule has 1 N–H and O–H groups in total. The molecule has 0 aliphatic carbocycles. The largest absolute Gasteiger partial charge is 0.388 e. The summed E-state index contributed by atoms with van der Waals surface area (Å²) >= 11 is 0.964. The molecule has 29 heavy (non-hydrogen) atoms. The zero-order valence-corrected chi connectivity index (χ0v) is 16.5. The standard InChI is InChI=1S/C19H20FN5O3S/c20-15-1-3-16(4-2-15)23-7-9-24(10-8-23)18(27)14(11-21)12-22-5-6-25-17(26)13-29-19(25)28/h1-4,12,22H,5-10,13H2/b14-12-. The predicted molar refractivity (Wildman–Crippen MR) is 106 cm³/mol. The molecule has 0 atom stereocenters. The molecular formula is C19H20FN5O3S. The number of piperazine rings is 1. The van der Waals surface area contributed by atoms with E-state index < -0.39 is 0 Å². The lowest BCUT2D eigenvalue weighted by Gasteiger charge is -2.36. The van der Waals surface area contributed by atoms with Crippen LogP contribution < -0.4 is 10.2 Å². The van der Waals surface area contributed by atoms with Crippen molar-refractivity contribution in [3.8, 4) is 6.07 Å². The fourth-order valence-corrected chi connectivity index (χ4v) is 3.83. The number of nitrogens with one attached hydrogen (secondary N) is 1. The normalized spacial score (nSPS) is 17.5. The second-order valence-corrected chi connectivity index (χ2v) is 7.41. The maximum absolute atomic E-state index is 13.1. The molecule has 0 aromatic heterocycles. The van der Waals surface area contributed by atoms with Gasteiger partial charge in [-0.3, -0.25) is 19.3 Å². The fourth-order valence-electron chi connectivity index (χ4n) is 3.08. The van der Waals surface area contributed by atoms with Crippen LogP contribution in [0.4, 0.5) is 14.9 Å². The Morgan fingerprint density at radius 1 is 1.21 bits per heavy atom. The fraction of sp³-hybridized carbons (Fsp3) is 0.368. The van der Waals surface area contributed by atoms with Crippen LogP contribution in [0.25, 0.3) is 0 Å². The first-order valence-electron chi connectivity index (χ1n) is 9.10. The third-order valence-electron chi connectivity index (χ3n) is 4.68. The van der Waals surface area contributed by atoms with Gasteiger partial charge in [-0.1, -0.05) is 11.8 Å².